The number of carboxylic acids is 1. The van der Waals surface area contributed by atoms with Crippen LogP contribution in [0.15, 0.2) is 36.5 Å². The zero-order chi connectivity index (χ0) is 18.0. The number of carbonyl (C=O) groups is 2. The Morgan fingerprint density at radius 1 is 0.917 bits per heavy atom. The maximum atomic E-state index is 11.3. The van der Waals surface area contributed by atoms with Gasteiger partial charge in [0, 0.05) is 0 Å². The van der Waals surface area contributed by atoms with Crippen LogP contribution in [0.3, 0.4) is 0 Å². The first-order chi connectivity index (χ1) is 11.6. The van der Waals surface area contributed by atoms with E-state index < -0.39 is 5.97 Å². The smallest absolute Gasteiger partial charge is 0.307 e. The van der Waals surface area contributed by atoms with E-state index in [2.05, 4.69) is 6.92 Å². The number of aliphatic hydroxyl groups is 1. The Bertz CT molecular complexity index is 421. The van der Waals surface area contributed by atoms with E-state index in [1.807, 2.05) is 6.08 Å². The first-order valence-corrected chi connectivity index (χ1v) is 8.99. The van der Waals surface area contributed by atoms with Crippen molar-refractivity contribution in [1.82, 2.24) is 0 Å². The molecule has 0 saturated heterocycles. The van der Waals surface area contributed by atoms with Crippen LogP contribution in [0.4, 0.5) is 0 Å². The number of hydrogen-bond acceptors (Lipinski definition) is 3. The van der Waals surface area contributed by atoms with Gasteiger partial charge in [0.15, 0.2) is 5.78 Å². The summed E-state index contributed by atoms with van der Waals surface area (Å²) < 4.78 is 0. The molecule has 2 N–H and O–H groups in total. The number of hydrogen-bond donors (Lipinski definition) is 2. The lowest BCUT2D eigenvalue weighted by Gasteiger charge is -2.08. The number of carbonyl (C=O) groups excluding carboxylic acids is 1. The largest absolute Gasteiger partial charge is 0.481 e. The Morgan fingerprint density at radius 2 is 1.62 bits per heavy atom. The second-order valence-corrected chi connectivity index (χ2v) is 5.98. The molecule has 0 aliphatic carbocycles. The van der Waals surface area contributed by atoms with Gasteiger partial charge in [-0.25, -0.2) is 0 Å². The number of aliphatic carboxylic acids is 1. The van der Waals surface area contributed by atoms with Crippen LogP contribution in [-0.4, -0.2) is 28.1 Å². The molecule has 136 valence electrons. The summed E-state index contributed by atoms with van der Waals surface area (Å²) in [5.41, 5.74) is 0. The molecule has 0 radical (unpaired) electrons. The van der Waals surface area contributed by atoms with Gasteiger partial charge in [0.1, 0.15) is 0 Å². The second kappa shape index (κ2) is 16.2. The van der Waals surface area contributed by atoms with E-state index in [4.69, 9.17) is 5.11 Å². The molecule has 0 amide bonds. The van der Waals surface area contributed by atoms with Gasteiger partial charge >= 0.3 is 5.97 Å². The van der Waals surface area contributed by atoms with Gasteiger partial charge in [-0.2, -0.15) is 0 Å². The number of unbranched alkanes of at least 4 members (excludes halogenated alkanes) is 5. The van der Waals surface area contributed by atoms with Crippen LogP contribution < -0.4 is 0 Å². The SMILES string of the molecule is CCCCCCCCC(O)CCC=CC=CC(=O)C=CCC(=O)O. The number of rotatable bonds is 15. The molecule has 0 saturated carbocycles. The van der Waals surface area contributed by atoms with Crippen LogP contribution in [-0.2, 0) is 9.59 Å². The van der Waals surface area contributed by atoms with Crippen molar-refractivity contribution < 1.29 is 19.8 Å². The fourth-order valence-electron chi connectivity index (χ4n) is 2.25. The number of ketones is 1. The minimum absolute atomic E-state index is 0.147. The molecule has 0 bridgehead atoms. The van der Waals surface area contributed by atoms with Gasteiger partial charge in [-0.15, -0.1) is 0 Å². The van der Waals surface area contributed by atoms with Crippen LogP contribution in [0.1, 0.15) is 71.1 Å². The van der Waals surface area contributed by atoms with Crippen LogP contribution in [0.25, 0.3) is 0 Å². The van der Waals surface area contributed by atoms with Crippen molar-refractivity contribution in [3.8, 4) is 0 Å². The van der Waals surface area contributed by atoms with Gasteiger partial charge in [0.25, 0.3) is 0 Å². The average molecular weight is 336 g/mol. The van der Waals surface area contributed by atoms with E-state index >= 15 is 0 Å². The molecule has 0 spiro atoms. The lowest BCUT2D eigenvalue weighted by atomic mass is 10.0. The van der Waals surface area contributed by atoms with E-state index in [-0.39, 0.29) is 18.3 Å². The highest BCUT2D eigenvalue weighted by atomic mass is 16.4. The van der Waals surface area contributed by atoms with Crippen molar-refractivity contribution in [3.05, 3.63) is 36.5 Å². The van der Waals surface area contributed by atoms with Gasteiger partial charge in [-0.1, -0.05) is 69.8 Å². The van der Waals surface area contributed by atoms with Crippen molar-refractivity contribution >= 4 is 11.8 Å². The molecule has 0 rings (SSSR count). The highest BCUT2D eigenvalue weighted by Crippen LogP contribution is 2.11. The number of carboxylic acid groups (broad SMARTS) is 1. The molecule has 0 aromatic carbocycles. The van der Waals surface area contributed by atoms with Crippen LogP contribution >= 0.6 is 0 Å². The number of allylic oxidation sites excluding steroid dienone is 5. The average Bonchev–Trinajstić information content (AvgIpc) is 2.53. The standard InChI is InChI=1S/C20H32O4/c1-2-3-4-5-6-9-13-18(21)14-10-7-8-11-15-19(22)16-12-17-20(23)24/h7-8,11-12,15-16,18,21H,2-6,9-10,13-14,17H2,1H3,(H,23,24). The van der Waals surface area contributed by atoms with E-state index in [0.29, 0.717) is 0 Å². The molecular weight excluding hydrogens is 304 g/mol. The molecule has 1 atom stereocenters. The summed E-state index contributed by atoms with van der Waals surface area (Å²) >= 11 is 0. The van der Waals surface area contributed by atoms with Crippen LogP contribution in [0.5, 0.6) is 0 Å². The monoisotopic (exact) mass is 336 g/mol. The Morgan fingerprint density at radius 3 is 2.33 bits per heavy atom. The van der Waals surface area contributed by atoms with Crippen molar-refractivity contribution in [2.75, 3.05) is 0 Å². The summed E-state index contributed by atoms with van der Waals surface area (Å²) in [5.74, 6) is -1.19. The van der Waals surface area contributed by atoms with Gasteiger partial charge in [-0.3, -0.25) is 9.59 Å². The van der Waals surface area contributed by atoms with Gasteiger partial charge in [0.05, 0.1) is 12.5 Å². The molecule has 24 heavy (non-hydrogen) atoms. The fourth-order valence-corrected chi connectivity index (χ4v) is 2.25. The first-order valence-electron chi connectivity index (χ1n) is 8.99. The van der Waals surface area contributed by atoms with E-state index in [1.54, 1.807) is 12.2 Å². The van der Waals surface area contributed by atoms with E-state index in [0.717, 1.165) is 25.7 Å². The third-order valence-electron chi connectivity index (χ3n) is 3.64. The molecule has 0 aliphatic rings. The van der Waals surface area contributed by atoms with Crippen molar-refractivity contribution in [1.29, 1.82) is 0 Å². The molecule has 0 aliphatic heterocycles. The third kappa shape index (κ3) is 16.7. The zero-order valence-electron chi connectivity index (χ0n) is 14.8. The Labute approximate surface area is 146 Å². The minimum atomic E-state index is -0.956. The normalized spacial score (nSPS) is 13.2. The third-order valence-corrected chi connectivity index (χ3v) is 3.64. The predicted octanol–water partition coefficient (Wildman–Crippen LogP) is 4.59. The van der Waals surface area contributed by atoms with E-state index in [1.165, 1.54) is 50.3 Å². The molecule has 4 heteroatoms. The maximum absolute atomic E-state index is 11.3. The van der Waals surface area contributed by atoms with Gasteiger partial charge in [-0.05, 0) is 31.4 Å². The molecule has 0 aromatic heterocycles. The maximum Gasteiger partial charge on any atom is 0.307 e. The van der Waals surface area contributed by atoms with E-state index in [9.17, 15) is 14.7 Å². The molecule has 0 aromatic rings. The summed E-state index contributed by atoms with van der Waals surface area (Å²) in [5, 5.41) is 18.3. The Balaban J connectivity index is 3.65. The van der Waals surface area contributed by atoms with Crippen LogP contribution in [0.2, 0.25) is 0 Å². The predicted molar refractivity (Wildman–Crippen MR) is 97.9 cm³/mol. The second-order valence-electron chi connectivity index (χ2n) is 5.98. The molecule has 0 fully saturated rings. The topological polar surface area (TPSA) is 74.6 Å². The molecular formula is C20H32O4. The zero-order valence-corrected chi connectivity index (χ0v) is 14.8. The fraction of sp³-hybridized carbons (Fsp3) is 0.600. The molecule has 1 unspecified atom stereocenters. The highest BCUT2D eigenvalue weighted by Gasteiger charge is 2.02. The van der Waals surface area contributed by atoms with Crippen molar-refractivity contribution in [3.63, 3.8) is 0 Å². The Kier molecular flexibility index (Phi) is 15.1. The summed E-state index contributed by atoms with van der Waals surface area (Å²) in [4.78, 5) is 21.6. The minimum Gasteiger partial charge on any atom is -0.481 e. The lowest BCUT2D eigenvalue weighted by Crippen LogP contribution is -2.05. The summed E-state index contributed by atoms with van der Waals surface area (Å²) in [6.45, 7) is 2.21. The molecule has 0 heterocycles. The summed E-state index contributed by atoms with van der Waals surface area (Å²) in [6, 6.07) is 0. The van der Waals surface area contributed by atoms with Crippen molar-refractivity contribution in [2.24, 2.45) is 0 Å². The summed E-state index contributed by atoms with van der Waals surface area (Å²) in [6.07, 6.45) is 18.7. The first kappa shape index (κ1) is 22.3. The summed E-state index contributed by atoms with van der Waals surface area (Å²) in [7, 11) is 0. The van der Waals surface area contributed by atoms with Crippen LogP contribution in [0, 0.1) is 0 Å². The number of aliphatic hydroxyl groups excluding tert-OH is 1. The molecule has 4 nitrogen and oxygen atoms in total. The quantitative estimate of drug-likeness (QED) is 0.260. The Hall–Kier alpha value is -1.68. The highest BCUT2D eigenvalue weighted by molar-refractivity contribution is 5.99. The van der Waals surface area contributed by atoms with Gasteiger partial charge < -0.3 is 10.2 Å². The van der Waals surface area contributed by atoms with Gasteiger partial charge in [0.2, 0.25) is 0 Å². The lowest BCUT2D eigenvalue weighted by molar-refractivity contribution is -0.136. The van der Waals surface area contributed by atoms with Crippen molar-refractivity contribution in [2.45, 2.75) is 77.2 Å².